The molecule has 0 saturated heterocycles. The summed E-state index contributed by atoms with van der Waals surface area (Å²) in [5, 5.41) is 0. The molecular weight excluding hydrogens is 270 g/mol. The molecule has 0 amide bonds. The first kappa shape index (κ1) is 11.2. The molecule has 7 heteroatoms. The quantitative estimate of drug-likeness (QED) is 0.579. The van der Waals surface area contributed by atoms with E-state index >= 15 is 0 Å². The minimum Gasteiger partial charge on any atom is -0.403 e. The molecule has 0 aliphatic carbocycles. The summed E-state index contributed by atoms with van der Waals surface area (Å²) in [5.41, 5.74) is -0.00796. The van der Waals surface area contributed by atoms with Crippen molar-refractivity contribution in [3.05, 3.63) is 22.2 Å². The van der Waals surface area contributed by atoms with Crippen LogP contribution >= 0.6 is 15.9 Å². The number of hydrogen-bond donors (Lipinski definition) is 0. The number of alkyl halides is 3. The van der Waals surface area contributed by atoms with Crippen LogP contribution in [0.25, 0.3) is 0 Å². The van der Waals surface area contributed by atoms with Crippen molar-refractivity contribution in [1.82, 2.24) is 4.98 Å². The van der Waals surface area contributed by atoms with Gasteiger partial charge in [0, 0.05) is 6.07 Å². The van der Waals surface area contributed by atoms with E-state index in [2.05, 4.69) is 25.7 Å². The number of nitrogens with zero attached hydrogens (tertiary/aromatic N) is 1. The van der Waals surface area contributed by atoms with Crippen LogP contribution in [-0.2, 0) is 0 Å². The third-order valence-corrected chi connectivity index (χ3v) is 1.87. The molecule has 0 fully saturated rings. The summed E-state index contributed by atoms with van der Waals surface area (Å²) in [6.45, 7) is 1.33. The van der Waals surface area contributed by atoms with E-state index in [4.69, 9.17) is 0 Å². The molecule has 0 aliphatic rings. The van der Waals surface area contributed by atoms with Crippen LogP contribution < -0.4 is 4.74 Å². The molecule has 1 rings (SSSR count). The van der Waals surface area contributed by atoms with E-state index in [-0.39, 0.29) is 10.3 Å². The topological polar surface area (TPSA) is 22.1 Å². The zero-order valence-corrected chi connectivity index (χ0v) is 8.41. The van der Waals surface area contributed by atoms with Crippen molar-refractivity contribution in [2.24, 2.45) is 0 Å². The van der Waals surface area contributed by atoms with Gasteiger partial charge in [-0.3, -0.25) is 0 Å². The molecule has 0 saturated carbocycles. The van der Waals surface area contributed by atoms with Crippen molar-refractivity contribution in [1.29, 1.82) is 0 Å². The molecule has 0 spiro atoms. The normalized spacial score (nSPS) is 11.6. The average molecular weight is 274 g/mol. The Bertz CT molecular complexity index is 352. The standard InChI is InChI=1S/C7H4BrF4NO/c1-3-4(9)2-5(6(8)13-3)14-7(10,11)12/h2H,1H3. The molecular formula is C7H4BrF4NO. The highest BCUT2D eigenvalue weighted by Crippen LogP contribution is 2.30. The van der Waals surface area contributed by atoms with Crippen molar-refractivity contribution in [2.45, 2.75) is 13.3 Å². The number of aryl methyl sites for hydroxylation is 1. The molecule has 0 unspecified atom stereocenters. The second kappa shape index (κ2) is 3.72. The summed E-state index contributed by atoms with van der Waals surface area (Å²) in [7, 11) is 0. The maximum absolute atomic E-state index is 12.8. The predicted octanol–water partition coefficient (Wildman–Crippen LogP) is 3.19. The number of rotatable bonds is 1. The molecule has 2 nitrogen and oxygen atoms in total. The second-order valence-electron chi connectivity index (χ2n) is 2.39. The van der Waals surface area contributed by atoms with E-state index in [1.807, 2.05) is 0 Å². The first-order valence-corrected chi connectivity index (χ1v) is 4.17. The Balaban J connectivity index is 3.04. The molecule has 0 atom stereocenters. The summed E-state index contributed by atoms with van der Waals surface area (Å²) in [6, 6.07) is 0.625. The van der Waals surface area contributed by atoms with Crippen LogP contribution in [0.15, 0.2) is 10.7 Å². The highest BCUT2D eigenvalue weighted by Gasteiger charge is 2.32. The molecule has 0 aliphatic heterocycles. The molecule has 0 aromatic carbocycles. The maximum Gasteiger partial charge on any atom is 0.573 e. The van der Waals surface area contributed by atoms with Crippen LogP contribution in [0.4, 0.5) is 17.6 Å². The Morgan fingerprint density at radius 2 is 2.00 bits per heavy atom. The average Bonchev–Trinajstić information content (AvgIpc) is 1.97. The van der Waals surface area contributed by atoms with Crippen molar-refractivity contribution in [3.63, 3.8) is 0 Å². The van der Waals surface area contributed by atoms with Crippen LogP contribution in [0.2, 0.25) is 0 Å². The lowest BCUT2D eigenvalue weighted by molar-refractivity contribution is -0.275. The van der Waals surface area contributed by atoms with Crippen LogP contribution in [0.1, 0.15) is 5.69 Å². The lowest BCUT2D eigenvalue weighted by atomic mass is 10.3. The van der Waals surface area contributed by atoms with Gasteiger partial charge in [-0.05, 0) is 22.9 Å². The highest BCUT2D eigenvalue weighted by molar-refractivity contribution is 9.10. The number of pyridine rings is 1. The second-order valence-corrected chi connectivity index (χ2v) is 3.14. The third kappa shape index (κ3) is 2.83. The van der Waals surface area contributed by atoms with E-state index in [1.165, 1.54) is 6.92 Å². The maximum atomic E-state index is 12.8. The minimum atomic E-state index is -4.86. The van der Waals surface area contributed by atoms with Crippen LogP contribution in [0.5, 0.6) is 5.75 Å². The van der Waals surface area contributed by atoms with Gasteiger partial charge in [0.15, 0.2) is 5.75 Å². The van der Waals surface area contributed by atoms with Crippen LogP contribution in [0.3, 0.4) is 0 Å². The fraction of sp³-hybridized carbons (Fsp3) is 0.286. The number of ether oxygens (including phenoxy) is 1. The SMILES string of the molecule is Cc1nc(Br)c(OC(F)(F)F)cc1F. The largest absolute Gasteiger partial charge is 0.573 e. The van der Waals surface area contributed by atoms with Gasteiger partial charge in [-0.1, -0.05) is 0 Å². The van der Waals surface area contributed by atoms with Gasteiger partial charge in [0.05, 0.1) is 5.69 Å². The Labute approximate surface area is 85.0 Å². The fourth-order valence-electron chi connectivity index (χ4n) is 0.731. The van der Waals surface area contributed by atoms with Gasteiger partial charge in [0.25, 0.3) is 0 Å². The molecule has 78 valence electrons. The molecule has 0 N–H and O–H groups in total. The van der Waals surface area contributed by atoms with Gasteiger partial charge >= 0.3 is 6.36 Å². The van der Waals surface area contributed by atoms with Gasteiger partial charge in [-0.2, -0.15) is 0 Å². The summed E-state index contributed by atoms with van der Waals surface area (Å²) in [4.78, 5) is 3.47. The van der Waals surface area contributed by atoms with E-state index < -0.39 is 17.9 Å². The molecule has 0 bridgehead atoms. The van der Waals surface area contributed by atoms with E-state index in [1.54, 1.807) is 0 Å². The third-order valence-electron chi connectivity index (χ3n) is 1.30. The minimum absolute atomic E-state index is 0.00796. The fourth-order valence-corrected chi connectivity index (χ4v) is 1.19. The molecule has 1 aromatic heterocycles. The number of hydrogen-bond acceptors (Lipinski definition) is 2. The summed E-state index contributed by atoms with van der Waals surface area (Å²) in [6.07, 6.45) is -4.86. The van der Waals surface area contributed by atoms with Gasteiger partial charge in [0.1, 0.15) is 10.4 Å². The van der Waals surface area contributed by atoms with E-state index in [0.717, 1.165) is 0 Å². The van der Waals surface area contributed by atoms with Crippen molar-refractivity contribution in [3.8, 4) is 5.75 Å². The van der Waals surface area contributed by atoms with Crippen molar-refractivity contribution in [2.75, 3.05) is 0 Å². The van der Waals surface area contributed by atoms with Crippen LogP contribution in [-0.4, -0.2) is 11.3 Å². The first-order chi connectivity index (χ1) is 6.29. The molecule has 0 radical (unpaired) electrons. The molecule has 1 heterocycles. The predicted molar refractivity (Wildman–Crippen MR) is 43.3 cm³/mol. The molecule has 1 aromatic rings. The Morgan fingerprint density at radius 3 is 2.50 bits per heavy atom. The highest BCUT2D eigenvalue weighted by atomic mass is 79.9. The lowest BCUT2D eigenvalue weighted by Gasteiger charge is -2.10. The Kier molecular flexibility index (Phi) is 2.98. The van der Waals surface area contributed by atoms with E-state index in [9.17, 15) is 17.6 Å². The van der Waals surface area contributed by atoms with Gasteiger partial charge in [0.2, 0.25) is 0 Å². The van der Waals surface area contributed by atoms with Gasteiger partial charge in [-0.25, -0.2) is 9.37 Å². The number of halogens is 5. The molecule has 14 heavy (non-hydrogen) atoms. The zero-order chi connectivity index (χ0) is 10.9. The Morgan fingerprint density at radius 1 is 1.43 bits per heavy atom. The summed E-state index contributed by atoms with van der Waals surface area (Å²) in [5.74, 6) is -1.55. The first-order valence-electron chi connectivity index (χ1n) is 3.38. The van der Waals surface area contributed by atoms with Crippen molar-refractivity contribution < 1.29 is 22.3 Å². The van der Waals surface area contributed by atoms with Gasteiger partial charge < -0.3 is 4.74 Å². The number of aromatic nitrogens is 1. The van der Waals surface area contributed by atoms with E-state index in [0.29, 0.717) is 6.07 Å². The lowest BCUT2D eigenvalue weighted by Crippen LogP contribution is -2.18. The smallest absolute Gasteiger partial charge is 0.403 e. The Hall–Kier alpha value is -0.850. The summed E-state index contributed by atoms with van der Waals surface area (Å²) < 4.78 is 51.4. The van der Waals surface area contributed by atoms with Gasteiger partial charge in [-0.15, -0.1) is 13.2 Å². The zero-order valence-electron chi connectivity index (χ0n) is 6.82. The monoisotopic (exact) mass is 273 g/mol. The van der Waals surface area contributed by atoms with Crippen molar-refractivity contribution >= 4 is 15.9 Å². The van der Waals surface area contributed by atoms with Crippen LogP contribution in [0, 0.1) is 12.7 Å². The summed E-state index contributed by atoms with van der Waals surface area (Å²) >= 11 is 2.73.